The highest BCUT2D eigenvalue weighted by molar-refractivity contribution is 7.89. The summed E-state index contributed by atoms with van der Waals surface area (Å²) in [6.07, 6.45) is -0.692. The van der Waals surface area contributed by atoms with Crippen molar-refractivity contribution < 1.29 is 18.3 Å². The molecule has 0 aliphatic carbocycles. The van der Waals surface area contributed by atoms with Crippen molar-refractivity contribution in [1.29, 1.82) is 0 Å². The molecule has 1 aromatic carbocycles. The van der Waals surface area contributed by atoms with Crippen LogP contribution in [0.2, 0.25) is 0 Å². The molecule has 114 valence electrons. The number of nitrogens with one attached hydrogen (secondary N) is 1. The van der Waals surface area contributed by atoms with E-state index in [1.165, 1.54) is 0 Å². The van der Waals surface area contributed by atoms with Crippen molar-refractivity contribution in [2.24, 2.45) is 5.92 Å². The fraction of sp³-hybridized carbons (Fsp3) is 0.538. The molecule has 20 heavy (non-hydrogen) atoms. The van der Waals surface area contributed by atoms with Crippen LogP contribution in [0.4, 0.5) is 5.69 Å². The van der Waals surface area contributed by atoms with E-state index in [-0.39, 0.29) is 24.8 Å². The molecule has 1 unspecified atom stereocenters. The normalized spacial score (nSPS) is 13.4. The van der Waals surface area contributed by atoms with Crippen molar-refractivity contribution >= 4 is 15.7 Å². The van der Waals surface area contributed by atoms with Crippen LogP contribution in [0.25, 0.3) is 0 Å². The Bertz CT molecular complexity index is 500. The van der Waals surface area contributed by atoms with Crippen LogP contribution in [0.1, 0.15) is 13.8 Å². The number of rotatable bonds is 8. The van der Waals surface area contributed by atoms with Gasteiger partial charge in [0.15, 0.2) is 0 Å². The lowest BCUT2D eigenvalue weighted by Gasteiger charge is -2.15. The van der Waals surface area contributed by atoms with E-state index in [1.54, 1.807) is 24.3 Å². The van der Waals surface area contributed by atoms with Crippen LogP contribution >= 0.6 is 0 Å². The Hall–Kier alpha value is -1.31. The number of sulfonamides is 1. The van der Waals surface area contributed by atoms with Crippen molar-refractivity contribution in [2.45, 2.75) is 20.0 Å². The molecule has 0 bridgehead atoms. The average Bonchev–Trinajstić information content (AvgIpc) is 2.38. The SMILES string of the molecule is CC(C)C(O)CNS(=O)(=O)CCOc1ccc(N)cc1. The Labute approximate surface area is 120 Å². The van der Waals surface area contributed by atoms with Gasteiger partial charge in [-0.15, -0.1) is 0 Å². The van der Waals surface area contributed by atoms with E-state index >= 15 is 0 Å². The van der Waals surface area contributed by atoms with Crippen LogP contribution in [0.15, 0.2) is 24.3 Å². The van der Waals surface area contributed by atoms with Gasteiger partial charge < -0.3 is 15.6 Å². The van der Waals surface area contributed by atoms with Gasteiger partial charge in [0.25, 0.3) is 0 Å². The van der Waals surface area contributed by atoms with Gasteiger partial charge in [0.05, 0.1) is 11.9 Å². The Kier molecular flexibility index (Phi) is 6.25. The summed E-state index contributed by atoms with van der Waals surface area (Å²) in [7, 11) is -3.45. The first-order chi connectivity index (χ1) is 9.30. The van der Waals surface area contributed by atoms with Crippen LogP contribution in [0.5, 0.6) is 5.75 Å². The largest absolute Gasteiger partial charge is 0.492 e. The van der Waals surface area contributed by atoms with E-state index < -0.39 is 16.1 Å². The van der Waals surface area contributed by atoms with E-state index in [0.717, 1.165) is 0 Å². The number of aliphatic hydroxyl groups excluding tert-OH is 1. The first kappa shape index (κ1) is 16.7. The van der Waals surface area contributed by atoms with Gasteiger partial charge in [-0.25, -0.2) is 13.1 Å². The molecule has 4 N–H and O–H groups in total. The Morgan fingerprint density at radius 3 is 2.45 bits per heavy atom. The van der Waals surface area contributed by atoms with Crippen molar-refractivity contribution in [3.05, 3.63) is 24.3 Å². The molecule has 0 radical (unpaired) electrons. The maximum Gasteiger partial charge on any atom is 0.215 e. The maximum atomic E-state index is 11.7. The molecule has 1 aromatic rings. The molecule has 7 heteroatoms. The lowest BCUT2D eigenvalue weighted by atomic mass is 10.1. The summed E-state index contributed by atoms with van der Waals surface area (Å²) < 4.78 is 31.0. The van der Waals surface area contributed by atoms with Gasteiger partial charge in [-0.1, -0.05) is 13.8 Å². The van der Waals surface area contributed by atoms with Crippen LogP contribution in [-0.4, -0.2) is 38.5 Å². The van der Waals surface area contributed by atoms with E-state index in [2.05, 4.69) is 4.72 Å². The second-order valence-corrected chi connectivity index (χ2v) is 6.82. The molecule has 0 amide bonds. The van der Waals surface area contributed by atoms with Crippen LogP contribution < -0.4 is 15.2 Å². The number of anilines is 1. The second-order valence-electron chi connectivity index (χ2n) is 4.90. The fourth-order valence-corrected chi connectivity index (χ4v) is 2.23. The van der Waals surface area contributed by atoms with Gasteiger partial charge in [-0.05, 0) is 30.2 Å². The van der Waals surface area contributed by atoms with Crippen molar-refractivity contribution in [1.82, 2.24) is 4.72 Å². The van der Waals surface area contributed by atoms with Gasteiger partial charge in [0, 0.05) is 12.2 Å². The van der Waals surface area contributed by atoms with Gasteiger partial charge in [-0.3, -0.25) is 0 Å². The lowest BCUT2D eigenvalue weighted by molar-refractivity contribution is 0.129. The molecule has 0 aliphatic rings. The zero-order valence-electron chi connectivity index (χ0n) is 11.7. The first-order valence-electron chi connectivity index (χ1n) is 6.44. The standard InChI is InChI=1S/C13H22N2O4S/c1-10(2)13(16)9-15-20(17,18)8-7-19-12-5-3-11(14)4-6-12/h3-6,10,13,15-16H,7-9,14H2,1-2H3. The highest BCUT2D eigenvalue weighted by atomic mass is 32.2. The highest BCUT2D eigenvalue weighted by Gasteiger charge is 2.15. The topological polar surface area (TPSA) is 102 Å². The highest BCUT2D eigenvalue weighted by Crippen LogP contribution is 2.12. The van der Waals surface area contributed by atoms with E-state index in [0.29, 0.717) is 11.4 Å². The summed E-state index contributed by atoms with van der Waals surface area (Å²) >= 11 is 0. The van der Waals surface area contributed by atoms with E-state index in [1.807, 2.05) is 13.8 Å². The molecular weight excluding hydrogens is 280 g/mol. The number of hydrogen-bond acceptors (Lipinski definition) is 5. The van der Waals surface area contributed by atoms with Crippen molar-refractivity contribution in [3.8, 4) is 5.75 Å². The van der Waals surface area contributed by atoms with E-state index in [9.17, 15) is 13.5 Å². The number of hydrogen-bond donors (Lipinski definition) is 3. The molecule has 0 heterocycles. The Morgan fingerprint density at radius 2 is 1.90 bits per heavy atom. The summed E-state index contributed by atoms with van der Waals surface area (Å²) in [5.41, 5.74) is 6.15. The summed E-state index contributed by atoms with van der Waals surface area (Å²) in [6.45, 7) is 3.70. The molecule has 0 aliphatic heterocycles. The Morgan fingerprint density at radius 1 is 1.30 bits per heavy atom. The Balaban J connectivity index is 2.34. The second kappa shape index (κ2) is 7.47. The van der Waals surface area contributed by atoms with Crippen LogP contribution in [0, 0.1) is 5.92 Å². The lowest BCUT2D eigenvalue weighted by Crippen LogP contribution is -2.37. The number of ether oxygens (including phenoxy) is 1. The third-order valence-corrected chi connectivity index (χ3v) is 4.09. The molecular formula is C13H22N2O4S. The van der Waals surface area contributed by atoms with Crippen LogP contribution in [-0.2, 0) is 10.0 Å². The predicted octanol–water partition coefficient (Wildman–Crippen LogP) is 0.584. The van der Waals surface area contributed by atoms with Crippen LogP contribution in [0.3, 0.4) is 0 Å². The zero-order valence-corrected chi connectivity index (χ0v) is 12.6. The number of benzene rings is 1. The van der Waals surface area contributed by atoms with Crippen molar-refractivity contribution in [3.63, 3.8) is 0 Å². The molecule has 0 fully saturated rings. The fourth-order valence-electron chi connectivity index (χ4n) is 1.35. The zero-order chi connectivity index (χ0) is 15.2. The summed E-state index contributed by atoms with van der Waals surface area (Å²) in [4.78, 5) is 0. The smallest absolute Gasteiger partial charge is 0.215 e. The molecule has 0 aromatic heterocycles. The minimum absolute atomic E-state index is 0.00345. The quantitative estimate of drug-likeness (QED) is 0.610. The molecule has 1 rings (SSSR count). The monoisotopic (exact) mass is 302 g/mol. The summed E-state index contributed by atoms with van der Waals surface area (Å²) in [6, 6.07) is 6.72. The molecule has 0 spiro atoms. The summed E-state index contributed by atoms with van der Waals surface area (Å²) in [5.74, 6) is 0.405. The first-order valence-corrected chi connectivity index (χ1v) is 8.09. The molecule has 1 atom stereocenters. The number of nitrogen functional groups attached to an aromatic ring is 1. The van der Waals surface area contributed by atoms with Gasteiger partial charge in [0.2, 0.25) is 10.0 Å². The van der Waals surface area contributed by atoms with Gasteiger partial charge in [-0.2, -0.15) is 0 Å². The molecule has 0 saturated carbocycles. The number of aliphatic hydroxyl groups is 1. The summed E-state index contributed by atoms with van der Waals surface area (Å²) in [5, 5.41) is 9.55. The number of nitrogens with two attached hydrogens (primary N) is 1. The maximum absolute atomic E-state index is 11.7. The van der Waals surface area contributed by atoms with E-state index in [4.69, 9.17) is 10.5 Å². The third-order valence-electron chi connectivity index (χ3n) is 2.78. The minimum Gasteiger partial charge on any atom is -0.492 e. The molecule has 0 saturated heterocycles. The van der Waals surface area contributed by atoms with Gasteiger partial charge in [0.1, 0.15) is 12.4 Å². The average molecular weight is 302 g/mol. The third kappa shape index (κ3) is 6.23. The van der Waals surface area contributed by atoms with Crippen molar-refractivity contribution in [2.75, 3.05) is 24.6 Å². The minimum atomic E-state index is -3.45. The predicted molar refractivity (Wildman–Crippen MR) is 79.0 cm³/mol. The van der Waals surface area contributed by atoms with Gasteiger partial charge >= 0.3 is 0 Å². The molecule has 6 nitrogen and oxygen atoms in total.